The standard InChI is InChI=1S/C16H30N2O2/c19-13-12-17-8-5-9-18(11-10-17)14-16(15-20)6-3-1-2-4-7-16/h15,19H,1-14H2. The Kier molecular flexibility index (Phi) is 6.46. The van der Waals surface area contributed by atoms with Crippen molar-refractivity contribution in [3.8, 4) is 0 Å². The fraction of sp³-hybridized carbons (Fsp3) is 0.938. The van der Waals surface area contributed by atoms with E-state index in [2.05, 4.69) is 9.80 Å². The molecular formula is C16H30N2O2. The first kappa shape index (κ1) is 15.9. The van der Waals surface area contributed by atoms with Crippen molar-refractivity contribution in [1.82, 2.24) is 9.80 Å². The number of hydrogen-bond acceptors (Lipinski definition) is 4. The van der Waals surface area contributed by atoms with E-state index in [-0.39, 0.29) is 12.0 Å². The van der Waals surface area contributed by atoms with Crippen LogP contribution in [0.3, 0.4) is 0 Å². The third kappa shape index (κ3) is 4.54. The number of hydrogen-bond donors (Lipinski definition) is 1. The summed E-state index contributed by atoms with van der Waals surface area (Å²) >= 11 is 0. The zero-order valence-electron chi connectivity index (χ0n) is 12.7. The van der Waals surface area contributed by atoms with Crippen LogP contribution in [0.5, 0.6) is 0 Å². The van der Waals surface area contributed by atoms with E-state index >= 15 is 0 Å². The van der Waals surface area contributed by atoms with Crippen molar-refractivity contribution >= 4 is 6.29 Å². The smallest absolute Gasteiger partial charge is 0.127 e. The molecule has 1 saturated heterocycles. The van der Waals surface area contributed by atoms with Gasteiger partial charge in [-0.1, -0.05) is 25.7 Å². The van der Waals surface area contributed by atoms with Crippen LogP contribution < -0.4 is 0 Å². The Morgan fingerprint density at radius 3 is 2.20 bits per heavy atom. The van der Waals surface area contributed by atoms with Gasteiger partial charge in [0.05, 0.1) is 6.61 Å². The average Bonchev–Trinajstić information content (AvgIpc) is 2.82. The van der Waals surface area contributed by atoms with Crippen LogP contribution in [-0.4, -0.2) is 67.1 Å². The SMILES string of the molecule is O=CC1(CN2CCCN(CCO)CC2)CCCCCC1. The normalized spacial score (nSPS) is 25.9. The Morgan fingerprint density at radius 1 is 0.900 bits per heavy atom. The number of carbonyl (C=O) groups is 1. The summed E-state index contributed by atoms with van der Waals surface area (Å²) < 4.78 is 0. The summed E-state index contributed by atoms with van der Waals surface area (Å²) in [5.74, 6) is 0. The number of aldehydes is 1. The molecule has 1 aliphatic heterocycles. The van der Waals surface area contributed by atoms with Crippen molar-refractivity contribution in [2.45, 2.75) is 44.9 Å². The van der Waals surface area contributed by atoms with E-state index in [1.165, 1.54) is 32.0 Å². The van der Waals surface area contributed by atoms with E-state index in [0.717, 1.165) is 58.5 Å². The van der Waals surface area contributed by atoms with Gasteiger partial charge in [-0.25, -0.2) is 0 Å². The average molecular weight is 282 g/mol. The number of aliphatic hydroxyl groups excluding tert-OH is 1. The monoisotopic (exact) mass is 282 g/mol. The predicted octanol–water partition coefficient (Wildman–Crippen LogP) is 1.53. The first-order chi connectivity index (χ1) is 9.78. The lowest BCUT2D eigenvalue weighted by atomic mass is 9.81. The Balaban J connectivity index is 1.88. The van der Waals surface area contributed by atoms with Gasteiger partial charge in [-0.3, -0.25) is 4.90 Å². The largest absolute Gasteiger partial charge is 0.395 e. The maximum Gasteiger partial charge on any atom is 0.127 e. The van der Waals surface area contributed by atoms with Crippen molar-refractivity contribution in [3.05, 3.63) is 0 Å². The van der Waals surface area contributed by atoms with Crippen LogP contribution in [0, 0.1) is 5.41 Å². The molecule has 1 aliphatic carbocycles. The molecule has 20 heavy (non-hydrogen) atoms. The maximum absolute atomic E-state index is 11.7. The van der Waals surface area contributed by atoms with Crippen LogP contribution in [0.2, 0.25) is 0 Å². The van der Waals surface area contributed by atoms with E-state index in [0.29, 0.717) is 0 Å². The second-order valence-corrected chi connectivity index (χ2v) is 6.59. The number of β-amino-alcohol motifs (C(OH)–C–C–N with tert-alkyl or cyclic N) is 1. The van der Waals surface area contributed by atoms with E-state index in [4.69, 9.17) is 5.11 Å². The minimum atomic E-state index is -0.0807. The third-order valence-electron chi connectivity index (χ3n) is 4.99. The lowest BCUT2D eigenvalue weighted by Gasteiger charge is -2.33. The summed E-state index contributed by atoms with van der Waals surface area (Å²) in [6.07, 6.45) is 9.57. The van der Waals surface area contributed by atoms with E-state index < -0.39 is 0 Å². The van der Waals surface area contributed by atoms with Crippen molar-refractivity contribution in [2.75, 3.05) is 45.9 Å². The Labute approximate surface area is 123 Å². The molecule has 2 aliphatic rings. The lowest BCUT2D eigenvalue weighted by Crippen LogP contribution is -2.41. The Hall–Kier alpha value is -0.450. The van der Waals surface area contributed by atoms with Gasteiger partial charge < -0.3 is 14.8 Å². The molecule has 2 rings (SSSR count). The molecule has 0 radical (unpaired) electrons. The van der Waals surface area contributed by atoms with Gasteiger partial charge in [-0.2, -0.15) is 0 Å². The Morgan fingerprint density at radius 2 is 1.55 bits per heavy atom. The van der Waals surface area contributed by atoms with Crippen molar-refractivity contribution < 1.29 is 9.90 Å². The molecule has 0 aromatic heterocycles. The topological polar surface area (TPSA) is 43.8 Å². The van der Waals surface area contributed by atoms with Gasteiger partial charge in [0, 0.05) is 31.6 Å². The molecule has 0 aromatic rings. The molecule has 0 aromatic carbocycles. The number of rotatable bonds is 5. The molecule has 116 valence electrons. The molecule has 2 fully saturated rings. The number of carbonyl (C=O) groups excluding carboxylic acids is 1. The summed E-state index contributed by atoms with van der Waals surface area (Å²) in [5.41, 5.74) is -0.0807. The van der Waals surface area contributed by atoms with E-state index in [1.807, 2.05) is 0 Å². The first-order valence-corrected chi connectivity index (χ1v) is 8.30. The quantitative estimate of drug-likeness (QED) is 0.613. The predicted molar refractivity (Wildman–Crippen MR) is 80.8 cm³/mol. The third-order valence-corrected chi connectivity index (χ3v) is 4.99. The van der Waals surface area contributed by atoms with Crippen LogP contribution in [0.1, 0.15) is 44.9 Å². The van der Waals surface area contributed by atoms with Crippen molar-refractivity contribution in [3.63, 3.8) is 0 Å². The minimum absolute atomic E-state index is 0.0807. The van der Waals surface area contributed by atoms with Gasteiger partial charge in [-0.05, 0) is 32.4 Å². The fourth-order valence-electron chi connectivity index (χ4n) is 3.74. The highest BCUT2D eigenvalue weighted by Crippen LogP contribution is 2.34. The molecule has 4 nitrogen and oxygen atoms in total. The minimum Gasteiger partial charge on any atom is -0.395 e. The second-order valence-electron chi connectivity index (χ2n) is 6.59. The summed E-state index contributed by atoms with van der Waals surface area (Å²) in [4.78, 5) is 16.5. The van der Waals surface area contributed by atoms with Crippen LogP contribution in [-0.2, 0) is 4.79 Å². The molecule has 1 N–H and O–H groups in total. The maximum atomic E-state index is 11.7. The molecule has 0 atom stereocenters. The zero-order chi connectivity index (χ0) is 14.3. The highest BCUT2D eigenvalue weighted by Gasteiger charge is 2.33. The lowest BCUT2D eigenvalue weighted by molar-refractivity contribution is -0.118. The van der Waals surface area contributed by atoms with Crippen LogP contribution in [0.25, 0.3) is 0 Å². The van der Waals surface area contributed by atoms with Crippen LogP contribution >= 0.6 is 0 Å². The van der Waals surface area contributed by atoms with Gasteiger partial charge >= 0.3 is 0 Å². The molecule has 4 heteroatoms. The van der Waals surface area contributed by atoms with Gasteiger partial charge in [-0.15, -0.1) is 0 Å². The summed E-state index contributed by atoms with van der Waals surface area (Å²) in [5, 5.41) is 9.05. The van der Waals surface area contributed by atoms with Gasteiger partial charge in [0.2, 0.25) is 0 Å². The number of nitrogens with zero attached hydrogens (tertiary/aromatic N) is 2. The molecule has 0 amide bonds. The van der Waals surface area contributed by atoms with Crippen molar-refractivity contribution in [1.29, 1.82) is 0 Å². The van der Waals surface area contributed by atoms with Crippen LogP contribution in [0.4, 0.5) is 0 Å². The summed E-state index contributed by atoms with van der Waals surface area (Å²) in [6.45, 7) is 6.21. The highest BCUT2D eigenvalue weighted by molar-refractivity contribution is 5.59. The fourth-order valence-corrected chi connectivity index (χ4v) is 3.74. The van der Waals surface area contributed by atoms with Gasteiger partial charge in [0.15, 0.2) is 0 Å². The zero-order valence-corrected chi connectivity index (χ0v) is 12.7. The van der Waals surface area contributed by atoms with Gasteiger partial charge in [0.25, 0.3) is 0 Å². The Bertz CT molecular complexity index is 288. The van der Waals surface area contributed by atoms with Crippen molar-refractivity contribution in [2.24, 2.45) is 5.41 Å². The summed E-state index contributed by atoms with van der Waals surface area (Å²) in [7, 11) is 0. The van der Waals surface area contributed by atoms with Crippen LogP contribution in [0.15, 0.2) is 0 Å². The molecule has 1 saturated carbocycles. The molecule has 0 bridgehead atoms. The first-order valence-electron chi connectivity index (χ1n) is 8.30. The molecule has 0 unspecified atom stereocenters. The van der Waals surface area contributed by atoms with E-state index in [1.54, 1.807) is 0 Å². The number of aliphatic hydroxyl groups is 1. The highest BCUT2D eigenvalue weighted by atomic mass is 16.3. The second kappa shape index (κ2) is 8.11. The molecular weight excluding hydrogens is 252 g/mol. The molecule has 0 spiro atoms. The van der Waals surface area contributed by atoms with Gasteiger partial charge in [0.1, 0.15) is 6.29 Å². The molecule has 1 heterocycles. The van der Waals surface area contributed by atoms with E-state index in [9.17, 15) is 4.79 Å². The summed E-state index contributed by atoms with van der Waals surface area (Å²) in [6, 6.07) is 0.